The summed E-state index contributed by atoms with van der Waals surface area (Å²) in [6.07, 6.45) is 3.73. The van der Waals surface area contributed by atoms with Gasteiger partial charge in [0.15, 0.2) is 5.11 Å². The summed E-state index contributed by atoms with van der Waals surface area (Å²) in [5, 5.41) is 16.6. The molecular formula is C28H27N5O4S. The first-order chi connectivity index (χ1) is 18.5. The maximum atomic E-state index is 12.3. The predicted molar refractivity (Wildman–Crippen MR) is 149 cm³/mol. The number of aromatic hydroxyl groups is 1. The van der Waals surface area contributed by atoms with Crippen molar-refractivity contribution in [3.05, 3.63) is 96.6 Å². The Morgan fingerprint density at radius 3 is 2.58 bits per heavy atom. The Balaban J connectivity index is 1.62. The summed E-state index contributed by atoms with van der Waals surface area (Å²) in [7, 11) is 3.01. The van der Waals surface area contributed by atoms with E-state index in [9.17, 15) is 9.90 Å². The molecule has 0 spiro atoms. The van der Waals surface area contributed by atoms with E-state index in [4.69, 9.17) is 21.7 Å². The Labute approximate surface area is 225 Å². The van der Waals surface area contributed by atoms with Crippen LogP contribution in [0, 0.1) is 0 Å². The summed E-state index contributed by atoms with van der Waals surface area (Å²) in [6, 6.07) is 21.8. The number of benzene rings is 2. The van der Waals surface area contributed by atoms with E-state index in [0.29, 0.717) is 16.5 Å². The number of nitrogens with zero attached hydrogens (tertiary/aromatic N) is 3. The minimum atomic E-state index is -0.297. The highest BCUT2D eigenvalue weighted by molar-refractivity contribution is 7.80. The van der Waals surface area contributed by atoms with Crippen LogP contribution in [0.5, 0.6) is 11.5 Å². The van der Waals surface area contributed by atoms with Gasteiger partial charge in [0, 0.05) is 36.6 Å². The average Bonchev–Trinajstić information content (AvgIpc) is 3.54. The van der Waals surface area contributed by atoms with Crippen molar-refractivity contribution >= 4 is 34.6 Å². The fourth-order valence-electron chi connectivity index (χ4n) is 4.68. The lowest BCUT2D eigenvalue weighted by Gasteiger charge is -2.29. The third kappa shape index (κ3) is 4.91. The molecule has 3 N–H and O–H groups in total. The number of aromatic nitrogens is 2. The topological polar surface area (TPSA) is 101 Å². The molecular weight excluding hydrogens is 502 g/mol. The minimum absolute atomic E-state index is 0.0818. The van der Waals surface area contributed by atoms with Gasteiger partial charge < -0.3 is 34.7 Å². The second-order valence-electron chi connectivity index (χ2n) is 8.68. The van der Waals surface area contributed by atoms with Gasteiger partial charge in [-0.15, -0.1) is 0 Å². The Morgan fingerprint density at radius 1 is 1.08 bits per heavy atom. The van der Waals surface area contributed by atoms with Gasteiger partial charge in [0.2, 0.25) is 5.91 Å². The van der Waals surface area contributed by atoms with Crippen LogP contribution in [-0.4, -0.2) is 46.5 Å². The van der Waals surface area contributed by atoms with Gasteiger partial charge in [0.25, 0.3) is 0 Å². The number of hydrogen-bond donors (Lipinski definition) is 3. The van der Waals surface area contributed by atoms with Crippen molar-refractivity contribution in [3.8, 4) is 17.2 Å². The second-order valence-corrected chi connectivity index (χ2v) is 9.07. The second kappa shape index (κ2) is 10.9. The number of methoxy groups -OCH3 is 2. The summed E-state index contributed by atoms with van der Waals surface area (Å²) < 4.78 is 12.5. The highest BCUT2D eigenvalue weighted by Crippen LogP contribution is 2.43. The molecule has 9 nitrogen and oxygen atoms in total. The van der Waals surface area contributed by atoms with Crippen molar-refractivity contribution in [2.24, 2.45) is 0 Å². The lowest BCUT2D eigenvalue weighted by Crippen LogP contribution is -2.30. The van der Waals surface area contributed by atoms with Crippen LogP contribution in [0.25, 0.3) is 5.69 Å². The quantitative estimate of drug-likeness (QED) is 0.290. The zero-order valence-electron chi connectivity index (χ0n) is 20.9. The van der Waals surface area contributed by atoms with Crippen molar-refractivity contribution in [1.82, 2.24) is 14.9 Å². The maximum absolute atomic E-state index is 12.3. The lowest BCUT2D eigenvalue weighted by atomic mass is 10.0. The van der Waals surface area contributed by atoms with Crippen LogP contribution in [0.4, 0.5) is 11.4 Å². The van der Waals surface area contributed by atoms with Crippen LogP contribution >= 0.6 is 12.2 Å². The van der Waals surface area contributed by atoms with Crippen LogP contribution in [0.2, 0.25) is 0 Å². The largest absolute Gasteiger partial charge is 0.508 e. The number of hydrogen-bond acceptors (Lipinski definition) is 6. The molecule has 5 rings (SSSR count). The highest BCUT2D eigenvalue weighted by Gasteiger charge is 2.42. The summed E-state index contributed by atoms with van der Waals surface area (Å²) in [4.78, 5) is 19.0. The molecule has 10 heteroatoms. The Hall–Kier alpha value is -4.41. The molecule has 2 atom stereocenters. The fraction of sp³-hybridized carbons (Fsp3) is 0.179. The molecule has 0 aliphatic carbocycles. The standard InChI is InChI=1S/C28H27N5O4S/c1-36-17-25(35)30-22-16-19(10-13-24(22)37-2)33-27(26(31-28(33)38)21-6-3-4-14-29-21)23-7-5-15-32(23)18-8-11-20(34)12-9-18/h3-16,26-27,34H,17H2,1-2H3,(H,30,35)(H,31,38)/t26-,27-/m0/s1. The number of amides is 1. The van der Waals surface area contributed by atoms with Gasteiger partial charge in [-0.2, -0.15) is 0 Å². The van der Waals surface area contributed by atoms with Gasteiger partial charge in [0.05, 0.1) is 24.5 Å². The SMILES string of the molecule is COCC(=O)Nc1cc(N2C(=S)N[C@@H](c3ccccn3)[C@@H]2c2cccn2-c2ccc(O)cc2)ccc1OC. The summed E-state index contributed by atoms with van der Waals surface area (Å²) in [6.45, 7) is -0.0818. The summed E-state index contributed by atoms with van der Waals surface area (Å²) in [5.74, 6) is 0.413. The van der Waals surface area contributed by atoms with Gasteiger partial charge in [-0.1, -0.05) is 6.07 Å². The van der Waals surface area contributed by atoms with E-state index in [1.165, 1.54) is 7.11 Å². The fourth-order valence-corrected chi connectivity index (χ4v) is 5.02. The van der Waals surface area contributed by atoms with Crippen LogP contribution < -0.4 is 20.3 Å². The number of rotatable bonds is 8. The number of pyridine rings is 1. The normalized spacial score (nSPS) is 16.8. The van der Waals surface area contributed by atoms with Crippen LogP contribution in [0.15, 0.2) is 85.2 Å². The Morgan fingerprint density at radius 2 is 1.87 bits per heavy atom. The van der Waals surface area contributed by atoms with Crippen LogP contribution in [-0.2, 0) is 9.53 Å². The molecule has 38 heavy (non-hydrogen) atoms. The first kappa shape index (κ1) is 25.2. The number of phenols is 1. The highest BCUT2D eigenvalue weighted by atomic mass is 32.1. The number of phenolic OH excluding ortho intramolecular Hbond substituents is 1. The van der Waals surface area contributed by atoms with Gasteiger partial charge in [-0.25, -0.2) is 0 Å². The number of thiocarbonyl (C=S) groups is 1. The van der Waals surface area contributed by atoms with Gasteiger partial charge in [0.1, 0.15) is 24.1 Å². The molecule has 1 fully saturated rings. The molecule has 3 heterocycles. The van der Waals surface area contributed by atoms with Gasteiger partial charge in [-0.05, 0) is 78.9 Å². The van der Waals surface area contributed by atoms with Crippen molar-refractivity contribution in [2.75, 3.05) is 31.0 Å². The molecule has 0 saturated carbocycles. The first-order valence-corrected chi connectivity index (χ1v) is 12.3. The summed E-state index contributed by atoms with van der Waals surface area (Å²) >= 11 is 5.87. The van der Waals surface area contributed by atoms with Gasteiger partial charge >= 0.3 is 0 Å². The number of ether oxygens (including phenoxy) is 2. The minimum Gasteiger partial charge on any atom is -0.508 e. The average molecular weight is 530 g/mol. The molecule has 1 saturated heterocycles. The summed E-state index contributed by atoms with van der Waals surface area (Å²) in [5.41, 5.74) is 3.95. The van der Waals surface area contributed by atoms with E-state index in [1.807, 2.05) is 65.7 Å². The zero-order valence-corrected chi connectivity index (χ0v) is 21.7. The van der Waals surface area contributed by atoms with E-state index in [-0.39, 0.29) is 30.3 Å². The Kier molecular flexibility index (Phi) is 7.25. The van der Waals surface area contributed by atoms with E-state index >= 15 is 0 Å². The van der Waals surface area contributed by atoms with Crippen molar-refractivity contribution in [1.29, 1.82) is 0 Å². The molecule has 0 bridgehead atoms. The van der Waals surface area contributed by atoms with Gasteiger partial charge in [-0.3, -0.25) is 9.78 Å². The monoisotopic (exact) mass is 529 g/mol. The number of anilines is 2. The van der Waals surface area contributed by atoms with E-state index in [2.05, 4.69) is 20.2 Å². The van der Waals surface area contributed by atoms with E-state index in [0.717, 1.165) is 22.8 Å². The van der Waals surface area contributed by atoms with Crippen LogP contribution in [0.1, 0.15) is 23.5 Å². The van der Waals surface area contributed by atoms with Crippen LogP contribution in [0.3, 0.4) is 0 Å². The first-order valence-electron chi connectivity index (χ1n) is 11.9. The molecule has 2 aromatic carbocycles. The molecule has 2 aromatic heterocycles. The molecule has 1 aliphatic rings. The van der Waals surface area contributed by atoms with E-state index < -0.39 is 0 Å². The van der Waals surface area contributed by atoms with Crippen molar-refractivity contribution < 1.29 is 19.4 Å². The predicted octanol–water partition coefficient (Wildman–Crippen LogP) is 4.35. The maximum Gasteiger partial charge on any atom is 0.250 e. The number of carbonyl (C=O) groups excluding carboxylic acids is 1. The molecule has 194 valence electrons. The number of nitrogens with one attached hydrogen (secondary N) is 2. The Bertz CT molecular complexity index is 1440. The van der Waals surface area contributed by atoms with Crippen molar-refractivity contribution in [2.45, 2.75) is 12.1 Å². The molecule has 1 aliphatic heterocycles. The molecule has 4 aromatic rings. The zero-order chi connectivity index (χ0) is 26.6. The number of carbonyl (C=O) groups is 1. The molecule has 0 radical (unpaired) electrons. The smallest absolute Gasteiger partial charge is 0.250 e. The molecule has 0 unspecified atom stereocenters. The third-order valence-electron chi connectivity index (χ3n) is 6.32. The third-order valence-corrected chi connectivity index (χ3v) is 6.63. The lowest BCUT2D eigenvalue weighted by molar-refractivity contribution is -0.119. The van der Waals surface area contributed by atoms with Crippen molar-refractivity contribution in [3.63, 3.8) is 0 Å². The molecule has 1 amide bonds. The van der Waals surface area contributed by atoms with E-state index in [1.54, 1.807) is 31.5 Å².